The summed E-state index contributed by atoms with van der Waals surface area (Å²) in [5.74, 6) is 1.57. The van der Waals surface area contributed by atoms with Crippen LogP contribution in [0.3, 0.4) is 0 Å². The van der Waals surface area contributed by atoms with Gasteiger partial charge in [-0.05, 0) is 63.5 Å². The van der Waals surface area contributed by atoms with E-state index >= 15 is 0 Å². The largest absolute Gasteiger partial charge is 0.394 e. The van der Waals surface area contributed by atoms with Crippen LogP contribution in [0.5, 0.6) is 0 Å². The van der Waals surface area contributed by atoms with Gasteiger partial charge in [0.1, 0.15) is 0 Å². The molecule has 0 radical (unpaired) electrons. The van der Waals surface area contributed by atoms with Crippen LogP contribution in [0.1, 0.15) is 56.7 Å². The van der Waals surface area contributed by atoms with Crippen LogP contribution in [0.15, 0.2) is 30.6 Å². The minimum absolute atomic E-state index is 0.0943. The summed E-state index contributed by atoms with van der Waals surface area (Å²) in [6.07, 6.45) is 16.9. The Bertz CT molecular complexity index is 903. The predicted octanol–water partition coefficient (Wildman–Crippen LogP) is 3.43. The lowest BCUT2D eigenvalue weighted by atomic mass is 9.93. The molecule has 7 nitrogen and oxygen atoms in total. The average molecular weight is 423 g/mol. The van der Waals surface area contributed by atoms with Crippen molar-refractivity contribution in [2.24, 2.45) is 5.92 Å². The fourth-order valence-electron chi connectivity index (χ4n) is 5.49. The van der Waals surface area contributed by atoms with E-state index in [1.54, 1.807) is 0 Å². The van der Waals surface area contributed by atoms with E-state index in [-0.39, 0.29) is 6.61 Å². The molecule has 0 unspecified atom stereocenters. The third-order valence-corrected chi connectivity index (χ3v) is 7.05. The second kappa shape index (κ2) is 9.49. The standard InChI is InChI=1S/C24H34N6O/c31-16-15-30-23(22-9-6-14-29(22)18-19-7-2-1-3-8-19)20(17-26-30)21-10-11-25-24(27-21)28-12-4-5-13-28/h1-2,10-11,17,19,22,31H,3-9,12-16,18H2/t19-,22+/m0/s1. The first-order valence-corrected chi connectivity index (χ1v) is 12.0. The molecule has 5 rings (SSSR count). The van der Waals surface area contributed by atoms with Gasteiger partial charge in [-0.1, -0.05) is 12.2 Å². The zero-order chi connectivity index (χ0) is 21.0. The van der Waals surface area contributed by atoms with Crippen molar-refractivity contribution in [2.75, 3.05) is 37.7 Å². The lowest BCUT2D eigenvalue weighted by molar-refractivity contribution is 0.197. The summed E-state index contributed by atoms with van der Waals surface area (Å²) in [4.78, 5) is 14.4. The third-order valence-electron chi connectivity index (χ3n) is 7.05. The van der Waals surface area contributed by atoms with Crippen LogP contribution in [0, 0.1) is 5.92 Å². The van der Waals surface area contributed by atoms with Crippen molar-refractivity contribution in [3.8, 4) is 11.3 Å². The molecular weight excluding hydrogens is 388 g/mol. The first-order valence-electron chi connectivity index (χ1n) is 12.0. The first-order chi connectivity index (χ1) is 15.3. The Morgan fingerprint density at radius 2 is 1.97 bits per heavy atom. The molecule has 2 fully saturated rings. The Morgan fingerprint density at radius 1 is 1.06 bits per heavy atom. The summed E-state index contributed by atoms with van der Waals surface area (Å²) in [6.45, 7) is 4.96. The van der Waals surface area contributed by atoms with Gasteiger partial charge in [0.25, 0.3) is 0 Å². The van der Waals surface area contributed by atoms with E-state index in [0.29, 0.717) is 12.6 Å². The van der Waals surface area contributed by atoms with E-state index in [1.165, 1.54) is 44.2 Å². The van der Waals surface area contributed by atoms with Gasteiger partial charge in [0, 0.05) is 31.4 Å². The maximum absolute atomic E-state index is 9.67. The molecule has 2 aliphatic heterocycles. The summed E-state index contributed by atoms with van der Waals surface area (Å²) in [6, 6.07) is 2.34. The molecule has 3 aliphatic rings. The molecule has 1 N–H and O–H groups in total. The van der Waals surface area contributed by atoms with E-state index in [0.717, 1.165) is 55.7 Å². The van der Waals surface area contributed by atoms with Crippen molar-refractivity contribution in [3.05, 3.63) is 36.3 Å². The Morgan fingerprint density at radius 3 is 2.77 bits per heavy atom. The molecule has 1 aliphatic carbocycles. The number of likely N-dealkylation sites (tertiary alicyclic amines) is 1. The Labute approximate surface area is 184 Å². The van der Waals surface area contributed by atoms with Crippen LogP contribution >= 0.6 is 0 Å². The maximum atomic E-state index is 9.67. The van der Waals surface area contributed by atoms with E-state index in [1.807, 2.05) is 23.1 Å². The summed E-state index contributed by atoms with van der Waals surface area (Å²) in [5, 5.41) is 14.3. The van der Waals surface area contributed by atoms with Gasteiger partial charge in [0.05, 0.1) is 36.8 Å². The molecule has 2 atom stereocenters. The van der Waals surface area contributed by atoms with Gasteiger partial charge in [0.15, 0.2) is 0 Å². The molecule has 2 aromatic rings. The lowest BCUT2D eigenvalue weighted by Crippen LogP contribution is -2.31. The fraction of sp³-hybridized carbons (Fsp3) is 0.625. The minimum atomic E-state index is 0.0943. The zero-order valence-electron chi connectivity index (χ0n) is 18.4. The number of aliphatic hydroxyl groups excluding tert-OH is 1. The summed E-state index contributed by atoms with van der Waals surface area (Å²) >= 11 is 0. The molecule has 0 spiro atoms. The van der Waals surface area contributed by atoms with Crippen molar-refractivity contribution in [3.63, 3.8) is 0 Å². The highest BCUT2D eigenvalue weighted by Crippen LogP contribution is 2.39. The SMILES string of the molecule is OCCn1ncc(-c2ccnc(N3CCCC3)n2)c1[C@H]1CCCN1C[C@H]1CC=CCC1. The number of hydrogen-bond donors (Lipinski definition) is 1. The molecule has 0 amide bonds. The average Bonchev–Trinajstić information content (AvgIpc) is 3.56. The number of anilines is 1. The van der Waals surface area contributed by atoms with Crippen molar-refractivity contribution in [1.82, 2.24) is 24.6 Å². The smallest absolute Gasteiger partial charge is 0.225 e. The lowest BCUT2D eigenvalue weighted by Gasteiger charge is -2.30. The third kappa shape index (κ3) is 4.39. The molecular formula is C24H34N6O. The predicted molar refractivity (Wildman–Crippen MR) is 122 cm³/mol. The molecule has 0 saturated carbocycles. The minimum Gasteiger partial charge on any atom is -0.394 e. The number of aromatic nitrogens is 4. The highest BCUT2D eigenvalue weighted by molar-refractivity contribution is 5.63. The maximum Gasteiger partial charge on any atom is 0.225 e. The summed E-state index contributed by atoms with van der Waals surface area (Å²) < 4.78 is 2.01. The van der Waals surface area contributed by atoms with Gasteiger partial charge in [-0.25, -0.2) is 9.97 Å². The summed E-state index contributed by atoms with van der Waals surface area (Å²) in [5.41, 5.74) is 3.25. The first kappa shape index (κ1) is 20.6. The van der Waals surface area contributed by atoms with Crippen LogP contribution in [0.25, 0.3) is 11.3 Å². The van der Waals surface area contributed by atoms with E-state index in [2.05, 4.69) is 32.0 Å². The molecule has 166 valence electrons. The molecule has 0 bridgehead atoms. The van der Waals surface area contributed by atoms with Crippen LogP contribution in [-0.2, 0) is 6.54 Å². The second-order valence-electron chi connectivity index (χ2n) is 9.13. The van der Waals surface area contributed by atoms with Gasteiger partial charge < -0.3 is 10.0 Å². The second-order valence-corrected chi connectivity index (χ2v) is 9.13. The Hall–Kier alpha value is -2.25. The Balaban J connectivity index is 1.46. The fourth-order valence-corrected chi connectivity index (χ4v) is 5.49. The van der Waals surface area contributed by atoms with Gasteiger partial charge in [-0.2, -0.15) is 5.10 Å². The van der Waals surface area contributed by atoms with Crippen LogP contribution in [0.4, 0.5) is 5.95 Å². The summed E-state index contributed by atoms with van der Waals surface area (Å²) in [7, 11) is 0. The number of rotatable bonds is 7. The normalized spacial score (nSPS) is 24.4. The number of hydrogen-bond acceptors (Lipinski definition) is 6. The van der Waals surface area contributed by atoms with Crippen LogP contribution in [0.2, 0.25) is 0 Å². The highest BCUT2D eigenvalue weighted by atomic mass is 16.3. The van der Waals surface area contributed by atoms with Gasteiger partial charge in [0.2, 0.25) is 5.95 Å². The topological polar surface area (TPSA) is 70.3 Å². The highest BCUT2D eigenvalue weighted by Gasteiger charge is 2.33. The van der Waals surface area contributed by atoms with Gasteiger partial charge in [-0.3, -0.25) is 9.58 Å². The molecule has 2 aromatic heterocycles. The van der Waals surface area contributed by atoms with Gasteiger partial charge in [-0.15, -0.1) is 0 Å². The Kier molecular flexibility index (Phi) is 6.32. The van der Waals surface area contributed by atoms with Crippen molar-refractivity contribution in [1.29, 1.82) is 0 Å². The molecule has 7 heteroatoms. The van der Waals surface area contributed by atoms with Crippen molar-refractivity contribution >= 4 is 5.95 Å². The number of aliphatic hydroxyl groups is 1. The quantitative estimate of drug-likeness (QED) is 0.690. The number of allylic oxidation sites excluding steroid dienone is 2. The molecule has 4 heterocycles. The van der Waals surface area contributed by atoms with E-state index in [9.17, 15) is 5.11 Å². The van der Waals surface area contributed by atoms with Crippen molar-refractivity contribution in [2.45, 2.75) is 57.5 Å². The molecule has 2 saturated heterocycles. The van der Waals surface area contributed by atoms with Crippen LogP contribution in [-0.4, -0.2) is 62.5 Å². The van der Waals surface area contributed by atoms with E-state index < -0.39 is 0 Å². The van der Waals surface area contributed by atoms with Gasteiger partial charge >= 0.3 is 0 Å². The molecule has 31 heavy (non-hydrogen) atoms. The molecule has 0 aromatic carbocycles. The van der Waals surface area contributed by atoms with Crippen LogP contribution < -0.4 is 4.90 Å². The van der Waals surface area contributed by atoms with Crippen molar-refractivity contribution < 1.29 is 5.11 Å². The zero-order valence-corrected chi connectivity index (χ0v) is 18.4. The monoisotopic (exact) mass is 422 g/mol. The number of nitrogens with zero attached hydrogens (tertiary/aromatic N) is 6. The van der Waals surface area contributed by atoms with E-state index in [4.69, 9.17) is 4.98 Å².